The van der Waals surface area contributed by atoms with Gasteiger partial charge in [0.2, 0.25) is 0 Å². The lowest BCUT2D eigenvalue weighted by atomic mass is 10.0. The van der Waals surface area contributed by atoms with Crippen molar-refractivity contribution in [1.29, 1.82) is 5.41 Å². The molecule has 0 unspecified atom stereocenters. The molecule has 0 spiro atoms. The SMILES string of the molecule is N=C(N)c1ccc(OC2CCCC2)c2ccccc12. The van der Waals surface area contributed by atoms with Crippen molar-refractivity contribution in [2.24, 2.45) is 5.73 Å². The maximum Gasteiger partial charge on any atom is 0.127 e. The number of ether oxygens (including phenoxy) is 1. The summed E-state index contributed by atoms with van der Waals surface area (Å²) in [6.45, 7) is 0. The summed E-state index contributed by atoms with van der Waals surface area (Å²) in [6, 6.07) is 11.8. The predicted molar refractivity (Wildman–Crippen MR) is 77.8 cm³/mol. The molecule has 3 heteroatoms. The lowest BCUT2D eigenvalue weighted by molar-refractivity contribution is 0.213. The van der Waals surface area contributed by atoms with E-state index in [0.29, 0.717) is 6.10 Å². The number of amidine groups is 1. The van der Waals surface area contributed by atoms with E-state index in [0.717, 1.165) is 34.9 Å². The summed E-state index contributed by atoms with van der Waals surface area (Å²) in [5.74, 6) is 1.01. The Morgan fingerprint density at radius 1 is 1.05 bits per heavy atom. The van der Waals surface area contributed by atoms with E-state index in [1.54, 1.807) is 0 Å². The molecule has 1 saturated carbocycles. The summed E-state index contributed by atoms with van der Waals surface area (Å²) < 4.78 is 6.11. The molecule has 3 nitrogen and oxygen atoms in total. The number of hydrogen-bond acceptors (Lipinski definition) is 2. The molecule has 0 aliphatic heterocycles. The molecule has 19 heavy (non-hydrogen) atoms. The summed E-state index contributed by atoms with van der Waals surface area (Å²) in [6.07, 6.45) is 5.14. The number of benzene rings is 2. The zero-order chi connectivity index (χ0) is 13.2. The zero-order valence-corrected chi connectivity index (χ0v) is 10.9. The van der Waals surface area contributed by atoms with Crippen LogP contribution in [0.15, 0.2) is 36.4 Å². The number of rotatable bonds is 3. The lowest BCUT2D eigenvalue weighted by Gasteiger charge is -2.16. The fourth-order valence-corrected chi connectivity index (χ4v) is 2.79. The molecule has 0 aromatic heterocycles. The van der Waals surface area contributed by atoms with Gasteiger partial charge < -0.3 is 10.5 Å². The maximum absolute atomic E-state index is 7.65. The molecule has 0 radical (unpaired) electrons. The van der Waals surface area contributed by atoms with Crippen LogP contribution in [0.25, 0.3) is 10.8 Å². The van der Waals surface area contributed by atoms with E-state index in [1.165, 1.54) is 12.8 Å². The van der Waals surface area contributed by atoms with Crippen LogP contribution >= 0.6 is 0 Å². The molecule has 0 bridgehead atoms. The van der Waals surface area contributed by atoms with Gasteiger partial charge in [-0.3, -0.25) is 5.41 Å². The number of nitrogens with two attached hydrogens (primary N) is 1. The Kier molecular flexibility index (Phi) is 3.11. The molecular weight excluding hydrogens is 236 g/mol. The van der Waals surface area contributed by atoms with Gasteiger partial charge in [0.05, 0.1) is 6.10 Å². The van der Waals surface area contributed by atoms with Crippen LogP contribution in [0, 0.1) is 5.41 Å². The van der Waals surface area contributed by atoms with Crippen LogP contribution in [0.1, 0.15) is 31.2 Å². The van der Waals surface area contributed by atoms with Gasteiger partial charge >= 0.3 is 0 Å². The van der Waals surface area contributed by atoms with Crippen molar-refractivity contribution < 1.29 is 4.74 Å². The van der Waals surface area contributed by atoms with Crippen molar-refractivity contribution in [3.05, 3.63) is 42.0 Å². The normalized spacial score (nSPS) is 15.8. The molecule has 0 amide bonds. The fraction of sp³-hybridized carbons (Fsp3) is 0.312. The van der Waals surface area contributed by atoms with E-state index in [2.05, 4.69) is 0 Å². The van der Waals surface area contributed by atoms with Crippen molar-refractivity contribution in [3.8, 4) is 5.75 Å². The average Bonchev–Trinajstić information content (AvgIpc) is 2.91. The molecule has 1 fully saturated rings. The smallest absolute Gasteiger partial charge is 0.127 e. The van der Waals surface area contributed by atoms with Gasteiger partial charge in [0.25, 0.3) is 0 Å². The van der Waals surface area contributed by atoms with Crippen LogP contribution in [-0.2, 0) is 0 Å². The van der Waals surface area contributed by atoms with E-state index in [9.17, 15) is 0 Å². The van der Waals surface area contributed by atoms with Crippen molar-refractivity contribution >= 4 is 16.6 Å². The second kappa shape index (κ2) is 4.92. The fourth-order valence-electron chi connectivity index (χ4n) is 2.79. The van der Waals surface area contributed by atoms with Crippen LogP contribution in [0.5, 0.6) is 5.75 Å². The van der Waals surface area contributed by atoms with Gasteiger partial charge in [-0.05, 0) is 43.2 Å². The molecule has 1 aliphatic rings. The molecule has 2 aromatic carbocycles. The minimum absolute atomic E-state index is 0.101. The summed E-state index contributed by atoms with van der Waals surface area (Å²) in [5, 5.41) is 9.68. The number of nitrogen functional groups attached to an aromatic ring is 1. The van der Waals surface area contributed by atoms with Crippen LogP contribution in [0.2, 0.25) is 0 Å². The Labute approximate surface area is 112 Å². The van der Waals surface area contributed by atoms with Crippen LogP contribution in [-0.4, -0.2) is 11.9 Å². The first kappa shape index (κ1) is 12.0. The second-order valence-corrected chi connectivity index (χ2v) is 5.09. The van der Waals surface area contributed by atoms with E-state index in [4.69, 9.17) is 15.9 Å². The van der Waals surface area contributed by atoms with Crippen molar-refractivity contribution in [3.63, 3.8) is 0 Å². The monoisotopic (exact) mass is 254 g/mol. The van der Waals surface area contributed by atoms with Gasteiger partial charge in [0.15, 0.2) is 0 Å². The molecule has 3 N–H and O–H groups in total. The zero-order valence-electron chi connectivity index (χ0n) is 10.9. The first-order valence-corrected chi connectivity index (χ1v) is 6.78. The molecule has 0 atom stereocenters. The highest BCUT2D eigenvalue weighted by molar-refractivity contribution is 6.09. The van der Waals surface area contributed by atoms with Gasteiger partial charge in [-0.2, -0.15) is 0 Å². The highest BCUT2D eigenvalue weighted by atomic mass is 16.5. The Balaban J connectivity index is 2.05. The molecule has 3 rings (SSSR count). The number of nitrogens with one attached hydrogen (secondary N) is 1. The summed E-state index contributed by atoms with van der Waals surface area (Å²) in [7, 11) is 0. The van der Waals surface area contributed by atoms with Gasteiger partial charge in [-0.1, -0.05) is 24.3 Å². The number of hydrogen-bond donors (Lipinski definition) is 2. The van der Waals surface area contributed by atoms with Crippen molar-refractivity contribution in [1.82, 2.24) is 0 Å². The minimum Gasteiger partial charge on any atom is -0.490 e. The van der Waals surface area contributed by atoms with E-state index in [1.807, 2.05) is 36.4 Å². The minimum atomic E-state index is 0.101. The number of fused-ring (bicyclic) bond motifs is 1. The summed E-state index contributed by atoms with van der Waals surface area (Å²) in [4.78, 5) is 0. The topological polar surface area (TPSA) is 59.1 Å². The Bertz CT molecular complexity index is 615. The standard InChI is InChI=1S/C16H18N2O/c17-16(18)14-9-10-15(19-11-5-1-2-6-11)13-8-4-3-7-12(13)14/h3-4,7-11H,1-2,5-6H2,(H3,17,18). The second-order valence-electron chi connectivity index (χ2n) is 5.09. The van der Waals surface area contributed by atoms with Gasteiger partial charge in [0, 0.05) is 10.9 Å². The van der Waals surface area contributed by atoms with Crippen LogP contribution in [0.4, 0.5) is 0 Å². The summed E-state index contributed by atoms with van der Waals surface area (Å²) in [5.41, 5.74) is 6.41. The molecule has 2 aromatic rings. The largest absolute Gasteiger partial charge is 0.490 e. The lowest BCUT2D eigenvalue weighted by Crippen LogP contribution is -2.13. The Morgan fingerprint density at radius 3 is 2.42 bits per heavy atom. The Hall–Kier alpha value is -2.03. The molecule has 0 saturated heterocycles. The van der Waals surface area contributed by atoms with Crippen molar-refractivity contribution in [2.45, 2.75) is 31.8 Å². The van der Waals surface area contributed by atoms with E-state index in [-0.39, 0.29) is 5.84 Å². The predicted octanol–water partition coefficient (Wildman–Crippen LogP) is 3.45. The van der Waals surface area contributed by atoms with Crippen LogP contribution in [0.3, 0.4) is 0 Å². The third-order valence-electron chi connectivity index (χ3n) is 3.77. The third kappa shape index (κ3) is 2.28. The summed E-state index contributed by atoms with van der Waals surface area (Å²) >= 11 is 0. The van der Waals surface area contributed by atoms with Crippen molar-refractivity contribution in [2.75, 3.05) is 0 Å². The quantitative estimate of drug-likeness (QED) is 0.651. The molecule has 1 aliphatic carbocycles. The average molecular weight is 254 g/mol. The first-order chi connectivity index (χ1) is 9.25. The molecular formula is C16H18N2O. The Morgan fingerprint density at radius 2 is 1.74 bits per heavy atom. The maximum atomic E-state index is 7.65. The molecule has 98 valence electrons. The van der Waals surface area contributed by atoms with Crippen LogP contribution < -0.4 is 10.5 Å². The molecule has 0 heterocycles. The third-order valence-corrected chi connectivity index (χ3v) is 3.77. The van der Waals surface area contributed by atoms with Gasteiger partial charge in [0.1, 0.15) is 11.6 Å². The highest BCUT2D eigenvalue weighted by Gasteiger charge is 2.18. The highest BCUT2D eigenvalue weighted by Crippen LogP contribution is 2.31. The van der Waals surface area contributed by atoms with E-state index < -0.39 is 0 Å². The van der Waals surface area contributed by atoms with Gasteiger partial charge in [-0.25, -0.2) is 0 Å². The van der Waals surface area contributed by atoms with Gasteiger partial charge in [-0.15, -0.1) is 0 Å². The van der Waals surface area contributed by atoms with E-state index >= 15 is 0 Å². The first-order valence-electron chi connectivity index (χ1n) is 6.78.